The minimum absolute atomic E-state index is 0.560. The average molecular weight is 270 g/mol. The first-order chi connectivity index (χ1) is 9.74. The Kier molecular flexibility index (Phi) is 3.16. The maximum Gasteiger partial charge on any atom is 0.213 e. The molecular weight excluding hydrogens is 256 g/mol. The number of ether oxygens (including phenoxy) is 1. The van der Waals surface area contributed by atoms with E-state index in [1.807, 2.05) is 37.8 Å². The van der Waals surface area contributed by atoms with E-state index in [2.05, 4.69) is 20.4 Å². The van der Waals surface area contributed by atoms with Crippen molar-refractivity contribution < 1.29 is 4.74 Å². The average Bonchev–Trinajstić information content (AvgIpc) is 3.09. The largest absolute Gasteiger partial charge is 0.481 e. The van der Waals surface area contributed by atoms with Crippen molar-refractivity contribution >= 4 is 0 Å². The molecule has 0 bridgehead atoms. The molecule has 0 aliphatic rings. The third-order valence-electron chi connectivity index (χ3n) is 2.84. The molecule has 0 saturated carbocycles. The summed E-state index contributed by atoms with van der Waals surface area (Å²) in [4.78, 5) is 4.33. The molecule has 0 saturated heterocycles. The van der Waals surface area contributed by atoms with E-state index in [1.165, 1.54) is 0 Å². The second-order valence-corrected chi connectivity index (χ2v) is 4.39. The van der Waals surface area contributed by atoms with Crippen LogP contribution in [0.2, 0.25) is 0 Å². The lowest BCUT2D eigenvalue weighted by Gasteiger charge is -1.99. The molecule has 0 atom stereocenters. The molecule has 0 spiro atoms. The van der Waals surface area contributed by atoms with Gasteiger partial charge in [-0.25, -0.2) is 9.67 Å². The number of hydrogen-bond acceptors (Lipinski definition) is 5. The summed E-state index contributed by atoms with van der Waals surface area (Å²) in [6.45, 7) is 0.630. The van der Waals surface area contributed by atoms with E-state index in [9.17, 15) is 0 Å². The van der Waals surface area contributed by atoms with Crippen molar-refractivity contribution in [3.63, 3.8) is 0 Å². The van der Waals surface area contributed by atoms with Crippen LogP contribution in [0, 0.1) is 0 Å². The van der Waals surface area contributed by atoms with Gasteiger partial charge >= 0.3 is 0 Å². The summed E-state index contributed by atoms with van der Waals surface area (Å²) < 4.78 is 8.62. The maximum absolute atomic E-state index is 5.10. The van der Waals surface area contributed by atoms with Crippen molar-refractivity contribution in [2.24, 2.45) is 7.05 Å². The number of pyridine rings is 1. The summed E-state index contributed by atoms with van der Waals surface area (Å²) in [6, 6.07) is 5.55. The molecule has 0 N–H and O–H groups in total. The molecule has 0 amide bonds. The van der Waals surface area contributed by atoms with Gasteiger partial charge in [0.15, 0.2) is 0 Å². The lowest BCUT2D eigenvalue weighted by Crippen LogP contribution is -1.99. The van der Waals surface area contributed by atoms with Crippen LogP contribution in [0.1, 0.15) is 5.56 Å². The Bertz CT molecular complexity index is 717. The molecule has 3 aromatic rings. The predicted octanol–water partition coefficient (Wildman–Crippen LogP) is 1.13. The van der Waals surface area contributed by atoms with Crippen LogP contribution in [0.3, 0.4) is 0 Å². The van der Waals surface area contributed by atoms with Gasteiger partial charge < -0.3 is 4.74 Å². The standard InChI is InChI=1S/C13H14N6O/c1-18-7-10(6-14-18)8-19-9-12(16-17-19)11-4-3-5-13(15-11)20-2/h3-7,9H,8H2,1-2H3. The third kappa shape index (κ3) is 2.51. The molecule has 7 nitrogen and oxygen atoms in total. The molecule has 3 aromatic heterocycles. The Morgan fingerprint density at radius 1 is 1.20 bits per heavy atom. The molecule has 3 heterocycles. The number of aryl methyl sites for hydroxylation is 1. The smallest absolute Gasteiger partial charge is 0.213 e. The van der Waals surface area contributed by atoms with E-state index < -0.39 is 0 Å². The number of rotatable bonds is 4. The highest BCUT2D eigenvalue weighted by Gasteiger charge is 2.07. The van der Waals surface area contributed by atoms with Crippen molar-refractivity contribution in [3.8, 4) is 17.3 Å². The van der Waals surface area contributed by atoms with Crippen LogP contribution in [-0.2, 0) is 13.6 Å². The highest BCUT2D eigenvalue weighted by atomic mass is 16.5. The summed E-state index contributed by atoms with van der Waals surface area (Å²) in [5.41, 5.74) is 2.53. The number of nitrogens with zero attached hydrogens (tertiary/aromatic N) is 6. The van der Waals surface area contributed by atoms with Gasteiger partial charge in [-0.3, -0.25) is 4.68 Å². The highest BCUT2D eigenvalue weighted by Crippen LogP contribution is 2.17. The van der Waals surface area contributed by atoms with Gasteiger partial charge in [0, 0.05) is 24.9 Å². The van der Waals surface area contributed by atoms with E-state index >= 15 is 0 Å². The molecule has 20 heavy (non-hydrogen) atoms. The minimum atomic E-state index is 0.560. The first-order valence-corrected chi connectivity index (χ1v) is 6.13. The number of aromatic nitrogens is 6. The van der Waals surface area contributed by atoms with Crippen molar-refractivity contribution in [1.82, 2.24) is 29.8 Å². The Labute approximate surface area is 115 Å². The maximum atomic E-state index is 5.10. The van der Waals surface area contributed by atoms with Crippen LogP contribution in [0.5, 0.6) is 5.88 Å². The van der Waals surface area contributed by atoms with E-state index in [-0.39, 0.29) is 0 Å². The zero-order chi connectivity index (χ0) is 13.9. The van der Waals surface area contributed by atoms with E-state index in [1.54, 1.807) is 22.5 Å². The molecule has 0 aromatic carbocycles. The van der Waals surface area contributed by atoms with Gasteiger partial charge in [0.25, 0.3) is 0 Å². The van der Waals surface area contributed by atoms with Crippen LogP contribution < -0.4 is 4.74 Å². The fourth-order valence-corrected chi connectivity index (χ4v) is 1.90. The fraction of sp³-hybridized carbons (Fsp3) is 0.231. The van der Waals surface area contributed by atoms with Gasteiger partial charge in [0.2, 0.25) is 5.88 Å². The lowest BCUT2D eigenvalue weighted by molar-refractivity contribution is 0.398. The van der Waals surface area contributed by atoms with Gasteiger partial charge in [-0.15, -0.1) is 5.10 Å². The molecule has 102 valence electrons. The van der Waals surface area contributed by atoms with E-state index in [4.69, 9.17) is 4.74 Å². The van der Waals surface area contributed by atoms with Gasteiger partial charge in [-0.2, -0.15) is 5.10 Å². The van der Waals surface area contributed by atoms with Crippen molar-refractivity contribution in [3.05, 3.63) is 42.4 Å². The van der Waals surface area contributed by atoms with Crippen molar-refractivity contribution in [2.45, 2.75) is 6.54 Å². The summed E-state index contributed by atoms with van der Waals surface area (Å²) in [5, 5.41) is 12.4. The van der Waals surface area contributed by atoms with E-state index in [0.29, 0.717) is 18.1 Å². The molecule has 0 fully saturated rings. The molecule has 0 aliphatic heterocycles. The predicted molar refractivity (Wildman–Crippen MR) is 72.1 cm³/mol. The summed E-state index contributed by atoms with van der Waals surface area (Å²) in [5.74, 6) is 0.560. The molecule has 0 radical (unpaired) electrons. The van der Waals surface area contributed by atoms with Crippen LogP contribution in [0.25, 0.3) is 11.4 Å². The Morgan fingerprint density at radius 3 is 2.85 bits per heavy atom. The quantitative estimate of drug-likeness (QED) is 0.710. The van der Waals surface area contributed by atoms with Gasteiger partial charge in [-0.1, -0.05) is 11.3 Å². The monoisotopic (exact) mass is 270 g/mol. The summed E-state index contributed by atoms with van der Waals surface area (Å²) in [7, 11) is 3.47. The molecule has 3 rings (SSSR count). The Balaban J connectivity index is 1.82. The number of hydrogen-bond donors (Lipinski definition) is 0. The van der Waals surface area contributed by atoms with Gasteiger partial charge in [-0.05, 0) is 6.07 Å². The van der Waals surface area contributed by atoms with Gasteiger partial charge in [0.1, 0.15) is 5.69 Å². The van der Waals surface area contributed by atoms with Crippen LogP contribution >= 0.6 is 0 Å². The first-order valence-electron chi connectivity index (χ1n) is 6.13. The zero-order valence-electron chi connectivity index (χ0n) is 11.3. The minimum Gasteiger partial charge on any atom is -0.481 e. The summed E-state index contributed by atoms with van der Waals surface area (Å²) >= 11 is 0. The molecular formula is C13H14N6O. The van der Waals surface area contributed by atoms with Crippen molar-refractivity contribution in [1.29, 1.82) is 0 Å². The fourth-order valence-electron chi connectivity index (χ4n) is 1.90. The Morgan fingerprint density at radius 2 is 2.10 bits per heavy atom. The van der Waals surface area contributed by atoms with Crippen molar-refractivity contribution in [2.75, 3.05) is 7.11 Å². The molecule has 7 heteroatoms. The van der Waals surface area contributed by atoms with Crippen LogP contribution in [0.15, 0.2) is 36.8 Å². The van der Waals surface area contributed by atoms with E-state index in [0.717, 1.165) is 11.3 Å². The molecule has 0 unspecified atom stereocenters. The summed E-state index contributed by atoms with van der Waals surface area (Å²) in [6.07, 6.45) is 5.62. The van der Waals surface area contributed by atoms with Crippen LogP contribution in [0.4, 0.5) is 0 Å². The Hall–Kier alpha value is -2.70. The first kappa shape index (κ1) is 12.3. The van der Waals surface area contributed by atoms with Crippen LogP contribution in [-0.4, -0.2) is 36.9 Å². The molecule has 0 aliphatic carbocycles. The second-order valence-electron chi connectivity index (χ2n) is 4.39. The lowest BCUT2D eigenvalue weighted by atomic mass is 10.3. The number of methoxy groups -OCH3 is 1. The zero-order valence-corrected chi connectivity index (χ0v) is 11.3. The topological polar surface area (TPSA) is 70.7 Å². The highest BCUT2D eigenvalue weighted by molar-refractivity contribution is 5.52. The third-order valence-corrected chi connectivity index (χ3v) is 2.84. The SMILES string of the molecule is COc1cccc(-c2cn(Cc3cnn(C)c3)nn2)n1. The normalized spacial score (nSPS) is 10.7. The van der Waals surface area contributed by atoms with Gasteiger partial charge in [0.05, 0.1) is 31.7 Å². The second kappa shape index (κ2) is 5.12.